The molecule has 4 rings (SSSR count). The lowest BCUT2D eigenvalue weighted by molar-refractivity contribution is -0.141. The number of esters is 2. The van der Waals surface area contributed by atoms with Crippen LogP contribution in [-0.4, -0.2) is 38.2 Å². The summed E-state index contributed by atoms with van der Waals surface area (Å²) in [5, 5.41) is 7.33. The number of methoxy groups -OCH3 is 2. The van der Waals surface area contributed by atoms with Crippen LogP contribution in [0.15, 0.2) is 24.3 Å². The van der Waals surface area contributed by atoms with E-state index in [4.69, 9.17) is 20.9 Å². The van der Waals surface area contributed by atoms with Crippen LogP contribution in [0.25, 0.3) is 0 Å². The van der Waals surface area contributed by atoms with E-state index in [-0.39, 0.29) is 19.4 Å². The monoisotopic (exact) mass is 681 g/mol. The molecule has 2 aromatic carbocycles. The topological polar surface area (TPSA) is 129 Å². The second-order valence-electron chi connectivity index (χ2n) is 16.4. The Labute approximate surface area is 297 Å². The van der Waals surface area contributed by atoms with Crippen LogP contribution >= 0.6 is 0 Å². The maximum Gasteiger partial charge on any atom is 0.305 e. The van der Waals surface area contributed by atoms with Gasteiger partial charge < -0.3 is 31.6 Å². The molecular weight excluding hydrogens is 612 g/mol. The molecule has 0 bridgehead atoms. The molecule has 8 nitrogen and oxygen atoms in total. The van der Waals surface area contributed by atoms with Gasteiger partial charge in [-0.05, 0) is 134 Å². The molecule has 276 valence electrons. The van der Waals surface area contributed by atoms with E-state index in [0.29, 0.717) is 48.6 Å². The third kappa shape index (κ3) is 13.1. The maximum atomic E-state index is 11.3. The smallest absolute Gasteiger partial charge is 0.305 e. The number of ether oxygens (including phenoxy) is 2. The van der Waals surface area contributed by atoms with Crippen molar-refractivity contribution < 1.29 is 19.1 Å². The molecule has 49 heavy (non-hydrogen) atoms. The summed E-state index contributed by atoms with van der Waals surface area (Å²) in [5.41, 5.74) is 21.4. The van der Waals surface area contributed by atoms with Crippen molar-refractivity contribution in [3.05, 3.63) is 46.5 Å². The van der Waals surface area contributed by atoms with Crippen molar-refractivity contribution >= 4 is 34.7 Å². The first kappa shape index (κ1) is 41.7. The van der Waals surface area contributed by atoms with Gasteiger partial charge in [-0.1, -0.05) is 49.0 Å². The Bertz CT molecular complexity index is 1300. The second kappa shape index (κ2) is 18.0. The van der Waals surface area contributed by atoms with Gasteiger partial charge in [-0.2, -0.15) is 0 Å². The summed E-state index contributed by atoms with van der Waals surface area (Å²) < 4.78 is 9.43. The molecule has 2 aromatic rings. The van der Waals surface area contributed by atoms with Crippen LogP contribution in [-0.2, 0) is 31.9 Å². The van der Waals surface area contributed by atoms with Gasteiger partial charge in [0.25, 0.3) is 0 Å². The van der Waals surface area contributed by atoms with Crippen molar-refractivity contribution in [3.8, 4) is 0 Å². The number of carbonyl (C=O) groups excluding carboxylic acids is 2. The molecule has 0 aliphatic heterocycles. The SMILES string of the molecule is C.COC(=O)CCc1cc(N)c(N[C@@H]2C[C@H](C)CC(C)(C)C2)cc1C.COC(=O)CCc1cc(N)c(N[C@H]2C[C@@H](C)CC(C)(C)C2)cc1C. The van der Waals surface area contributed by atoms with Gasteiger partial charge >= 0.3 is 11.9 Å². The summed E-state index contributed by atoms with van der Waals surface area (Å²) in [6.07, 6.45) is 9.37. The van der Waals surface area contributed by atoms with E-state index in [1.54, 1.807) is 0 Å². The normalized spacial score (nSPS) is 22.4. The fraction of sp³-hybridized carbons (Fsp3) is 0.659. The number of carbonyl (C=O) groups is 2. The van der Waals surface area contributed by atoms with Gasteiger partial charge in [0.05, 0.1) is 37.0 Å². The summed E-state index contributed by atoms with van der Waals surface area (Å²) in [7, 11) is 2.84. The molecule has 4 atom stereocenters. The Morgan fingerprint density at radius 3 is 1.35 bits per heavy atom. The number of anilines is 4. The number of nitrogens with one attached hydrogen (secondary N) is 2. The second-order valence-corrected chi connectivity index (χ2v) is 16.4. The standard InChI is InChI=1S/2C20H32N2O2.CH4/c2*1-13-8-16(12-20(3,4)11-13)22-18-9-14(2)15(10-17(18)21)6-7-19(23)24-5;/h2*9-10,13,16,22H,6-8,11-12,21H2,1-5H3;1H4/t2*13-,16+;/m10./s1. The van der Waals surface area contributed by atoms with Gasteiger partial charge in [0.1, 0.15) is 0 Å². The Morgan fingerprint density at radius 1 is 0.694 bits per heavy atom. The van der Waals surface area contributed by atoms with Crippen molar-refractivity contribution in [2.24, 2.45) is 22.7 Å². The minimum Gasteiger partial charge on any atom is -0.469 e. The van der Waals surface area contributed by atoms with Crippen LogP contribution in [0.3, 0.4) is 0 Å². The number of rotatable bonds is 10. The Morgan fingerprint density at radius 2 is 1.04 bits per heavy atom. The molecule has 0 radical (unpaired) electrons. The van der Waals surface area contributed by atoms with Crippen LogP contribution in [0, 0.1) is 36.5 Å². The number of hydrogen-bond donors (Lipinski definition) is 4. The van der Waals surface area contributed by atoms with E-state index < -0.39 is 0 Å². The summed E-state index contributed by atoms with van der Waals surface area (Å²) in [5.74, 6) is 1.09. The summed E-state index contributed by atoms with van der Waals surface area (Å²) in [6.45, 7) is 18.2. The lowest BCUT2D eigenvalue weighted by Crippen LogP contribution is -2.35. The minimum absolute atomic E-state index is 0. The van der Waals surface area contributed by atoms with Crippen molar-refractivity contribution in [2.45, 2.75) is 139 Å². The number of aryl methyl sites for hydroxylation is 4. The van der Waals surface area contributed by atoms with Crippen LogP contribution in [0.5, 0.6) is 0 Å². The Kier molecular flexibility index (Phi) is 15.3. The van der Waals surface area contributed by atoms with E-state index in [2.05, 4.69) is 78.2 Å². The third-order valence-corrected chi connectivity index (χ3v) is 10.2. The zero-order valence-corrected chi connectivity index (χ0v) is 31.5. The third-order valence-electron chi connectivity index (χ3n) is 10.2. The molecule has 0 saturated heterocycles. The highest BCUT2D eigenvalue weighted by Gasteiger charge is 2.33. The molecule has 8 heteroatoms. The molecule has 2 aliphatic carbocycles. The van der Waals surface area contributed by atoms with Crippen molar-refractivity contribution in [1.82, 2.24) is 0 Å². The number of hydrogen-bond acceptors (Lipinski definition) is 8. The maximum absolute atomic E-state index is 11.3. The van der Waals surface area contributed by atoms with E-state index >= 15 is 0 Å². The van der Waals surface area contributed by atoms with E-state index in [0.717, 1.165) is 45.7 Å². The van der Waals surface area contributed by atoms with Gasteiger partial charge in [-0.25, -0.2) is 0 Å². The number of benzene rings is 2. The summed E-state index contributed by atoms with van der Waals surface area (Å²) in [6, 6.07) is 9.16. The molecule has 0 spiro atoms. The van der Waals surface area contributed by atoms with Gasteiger partial charge in [-0.15, -0.1) is 0 Å². The number of nitrogen functional groups attached to an aromatic ring is 2. The predicted octanol–water partition coefficient (Wildman–Crippen LogP) is 9.26. The van der Waals surface area contributed by atoms with Crippen LogP contribution < -0.4 is 22.1 Å². The molecule has 2 fully saturated rings. The summed E-state index contributed by atoms with van der Waals surface area (Å²) >= 11 is 0. The number of nitrogens with two attached hydrogens (primary N) is 2. The van der Waals surface area contributed by atoms with Crippen molar-refractivity contribution in [1.29, 1.82) is 0 Å². The molecule has 2 saturated carbocycles. The van der Waals surface area contributed by atoms with Gasteiger partial charge in [-0.3, -0.25) is 9.59 Å². The molecule has 0 amide bonds. The van der Waals surface area contributed by atoms with Gasteiger partial charge in [0, 0.05) is 24.9 Å². The Hall–Kier alpha value is -3.42. The first-order chi connectivity index (χ1) is 22.4. The molecule has 6 N–H and O–H groups in total. The van der Waals surface area contributed by atoms with Gasteiger partial charge in [0.15, 0.2) is 0 Å². The highest BCUT2D eigenvalue weighted by atomic mass is 16.5. The van der Waals surface area contributed by atoms with Crippen LogP contribution in [0.1, 0.15) is 123 Å². The van der Waals surface area contributed by atoms with Crippen LogP contribution in [0.4, 0.5) is 22.7 Å². The van der Waals surface area contributed by atoms with E-state index in [1.165, 1.54) is 63.9 Å². The van der Waals surface area contributed by atoms with Crippen LogP contribution in [0.2, 0.25) is 0 Å². The van der Waals surface area contributed by atoms with E-state index in [1.807, 2.05) is 12.1 Å². The first-order valence-electron chi connectivity index (χ1n) is 17.8. The molecule has 0 unspecified atom stereocenters. The van der Waals surface area contributed by atoms with Crippen molar-refractivity contribution in [2.75, 3.05) is 36.3 Å². The lowest BCUT2D eigenvalue weighted by Gasteiger charge is -2.40. The molecule has 0 aromatic heterocycles. The lowest BCUT2D eigenvalue weighted by atomic mass is 9.70. The molecular formula is C41H68N4O4. The molecule has 2 aliphatic rings. The minimum atomic E-state index is -0.186. The first-order valence-corrected chi connectivity index (χ1v) is 17.8. The predicted molar refractivity (Wildman–Crippen MR) is 207 cm³/mol. The zero-order chi connectivity index (χ0) is 35.8. The largest absolute Gasteiger partial charge is 0.469 e. The summed E-state index contributed by atoms with van der Waals surface area (Å²) in [4.78, 5) is 22.7. The fourth-order valence-corrected chi connectivity index (χ4v) is 8.36. The fourth-order valence-electron chi connectivity index (χ4n) is 8.36. The quantitative estimate of drug-likeness (QED) is 0.144. The van der Waals surface area contributed by atoms with E-state index in [9.17, 15) is 9.59 Å². The Balaban J connectivity index is 0.000000333. The van der Waals surface area contributed by atoms with Gasteiger partial charge in [0.2, 0.25) is 0 Å². The molecule has 0 heterocycles. The highest BCUT2D eigenvalue weighted by molar-refractivity contribution is 5.72. The van der Waals surface area contributed by atoms with Crippen molar-refractivity contribution in [3.63, 3.8) is 0 Å². The average Bonchev–Trinajstić information content (AvgIpc) is 2.97. The zero-order valence-electron chi connectivity index (χ0n) is 31.5. The average molecular weight is 681 g/mol. The highest BCUT2D eigenvalue weighted by Crippen LogP contribution is 2.41.